The first-order valence-corrected chi connectivity index (χ1v) is 12.5. The van der Waals surface area contributed by atoms with Crippen LogP contribution in [0, 0.1) is 5.92 Å². The molecule has 0 radical (unpaired) electrons. The van der Waals surface area contributed by atoms with Crippen molar-refractivity contribution in [3.63, 3.8) is 0 Å². The Kier molecular flexibility index (Phi) is 4.99. The summed E-state index contributed by atoms with van der Waals surface area (Å²) in [5.41, 5.74) is 7.01. The normalized spacial score (nSPS) is 30.0. The minimum absolute atomic E-state index is 0.0719. The van der Waals surface area contributed by atoms with Gasteiger partial charge < -0.3 is 25.0 Å². The van der Waals surface area contributed by atoms with E-state index in [-0.39, 0.29) is 11.6 Å². The van der Waals surface area contributed by atoms with E-state index in [1.807, 2.05) is 6.07 Å². The number of nitrogens with zero attached hydrogens (tertiary/aromatic N) is 6. The summed E-state index contributed by atoms with van der Waals surface area (Å²) in [5, 5.41) is 0. The molecule has 9 nitrogen and oxygen atoms in total. The number of ether oxygens (including phenoxy) is 2. The minimum atomic E-state index is -2.98. The van der Waals surface area contributed by atoms with E-state index in [4.69, 9.17) is 20.4 Å². The van der Waals surface area contributed by atoms with Crippen LogP contribution in [0.2, 0.25) is 0 Å². The van der Waals surface area contributed by atoms with Gasteiger partial charge in [-0.2, -0.15) is 13.8 Å². The molecule has 6 aliphatic heterocycles. The number of hydrogen-bond donors (Lipinski definition) is 1. The molecule has 186 valence electrons. The molecule has 9 rings (SSSR count). The van der Waals surface area contributed by atoms with E-state index < -0.39 is 6.61 Å². The molecule has 0 amide bonds. The summed E-state index contributed by atoms with van der Waals surface area (Å²) in [4.78, 5) is 21.4. The molecular weight excluding hydrogens is 456 g/mol. The van der Waals surface area contributed by atoms with Gasteiger partial charge in [-0.15, -0.1) is 0 Å². The molecule has 11 heteroatoms. The highest BCUT2D eigenvalue weighted by Gasteiger charge is 2.46. The molecule has 1 aliphatic carbocycles. The maximum Gasteiger partial charge on any atom is 0.387 e. The van der Waals surface area contributed by atoms with E-state index in [0.29, 0.717) is 47.3 Å². The molecule has 2 atom stereocenters. The van der Waals surface area contributed by atoms with E-state index >= 15 is 0 Å². The Bertz CT molecular complexity index is 1130. The maximum absolute atomic E-state index is 12.9. The Balaban J connectivity index is 1.25. The summed E-state index contributed by atoms with van der Waals surface area (Å²) in [5.74, 6) is 2.10. The second kappa shape index (κ2) is 8.12. The highest BCUT2D eigenvalue weighted by Crippen LogP contribution is 2.43. The van der Waals surface area contributed by atoms with E-state index in [2.05, 4.69) is 24.4 Å². The molecule has 7 aliphatic rings. The van der Waals surface area contributed by atoms with Crippen molar-refractivity contribution in [3.8, 4) is 17.0 Å². The third-order valence-corrected chi connectivity index (χ3v) is 8.41. The number of alkyl halides is 2. The number of aromatic nitrogens is 3. The highest BCUT2D eigenvalue weighted by molar-refractivity contribution is 5.68. The summed E-state index contributed by atoms with van der Waals surface area (Å²) in [6.07, 6.45) is 6.26. The lowest BCUT2D eigenvalue weighted by atomic mass is 9.86. The van der Waals surface area contributed by atoms with Crippen molar-refractivity contribution in [2.75, 3.05) is 48.4 Å². The van der Waals surface area contributed by atoms with Gasteiger partial charge >= 0.3 is 6.61 Å². The van der Waals surface area contributed by atoms with Gasteiger partial charge in [-0.3, -0.25) is 4.90 Å². The van der Waals surface area contributed by atoms with Crippen molar-refractivity contribution >= 4 is 17.6 Å². The third kappa shape index (κ3) is 3.67. The second-order valence-corrected chi connectivity index (χ2v) is 10.5. The first kappa shape index (κ1) is 21.5. The van der Waals surface area contributed by atoms with E-state index in [9.17, 15) is 8.78 Å². The highest BCUT2D eigenvalue weighted by atomic mass is 19.3. The monoisotopic (exact) mass is 485 g/mol. The lowest BCUT2D eigenvalue weighted by Gasteiger charge is -2.55. The molecule has 35 heavy (non-hydrogen) atoms. The first-order valence-electron chi connectivity index (χ1n) is 12.5. The van der Waals surface area contributed by atoms with Gasteiger partial charge in [-0.05, 0) is 37.7 Å². The van der Waals surface area contributed by atoms with Crippen LogP contribution < -0.4 is 20.3 Å². The first-order chi connectivity index (χ1) is 17.0. The van der Waals surface area contributed by atoms with Crippen molar-refractivity contribution in [1.29, 1.82) is 0 Å². The average Bonchev–Trinajstić information content (AvgIpc) is 3.41. The van der Waals surface area contributed by atoms with Crippen molar-refractivity contribution in [2.24, 2.45) is 5.92 Å². The van der Waals surface area contributed by atoms with E-state index in [1.54, 1.807) is 6.20 Å². The van der Waals surface area contributed by atoms with Crippen LogP contribution in [-0.2, 0) is 4.74 Å². The van der Waals surface area contributed by atoms with Gasteiger partial charge in [0.25, 0.3) is 0 Å². The van der Waals surface area contributed by atoms with Crippen LogP contribution in [0.25, 0.3) is 11.3 Å². The molecule has 2 N–H and O–H groups in total. The van der Waals surface area contributed by atoms with Crippen molar-refractivity contribution in [1.82, 2.24) is 19.9 Å². The van der Waals surface area contributed by atoms with Crippen LogP contribution in [0.15, 0.2) is 18.3 Å². The molecule has 0 aromatic carbocycles. The van der Waals surface area contributed by atoms with Crippen LogP contribution in [-0.4, -0.2) is 83.5 Å². The molecule has 4 bridgehead atoms. The fourth-order valence-electron chi connectivity index (χ4n) is 6.41. The van der Waals surface area contributed by atoms with Gasteiger partial charge in [0, 0.05) is 55.6 Å². The van der Waals surface area contributed by atoms with Gasteiger partial charge in [0.05, 0.1) is 24.9 Å². The summed E-state index contributed by atoms with van der Waals surface area (Å²) in [6, 6.07) is 5.34. The standard InChI is InChI=1S/C24H29F2N7O2/c25-23(26)35-20-5-14(7-28-22(20)27)19-6-21(30-24(29-19)33-8-13-3-17(33)4-13)32-10-15-1-2-16(32)9-31(15)18-11-34-12-18/h5-7,13,15-18,23H,1-4,8-12H2,(H2,27,28)/t13?,15-,16-,17?/m0/s1. The van der Waals surface area contributed by atoms with Gasteiger partial charge in [-0.25, -0.2) is 9.97 Å². The van der Waals surface area contributed by atoms with Gasteiger partial charge in [0.15, 0.2) is 11.6 Å². The summed E-state index contributed by atoms with van der Waals surface area (Å²) in [7, 11) is 0. The van der Waals surface area contributed by atoms with Gasteiger partial charge in [0.2, 0.25) is 5.95 Å². The average molecular weight is 486 g/mol. The van der Waals surface area contributed by atoms with Crippen molar-refractivity contribution in [2.45, 2.75) is 56.5 Å². The molecule has 7 fully saturated rings. The third-order valence-electron chi connectivity index (χ3n) is 8.41. The number of pyridine rings is 1. The number of fused-ring (bicyclic) bond motifs is 4. The topological polar surface area (TPSA) is 92.9 Å². The summed E-state index contributed by atoms with van der Waals surface area (Å²) in [6.45, 7) is 1.58. The van der Waals surface area contributed by atoms with Crippen molar-refractivity contribution < 1.29 is 18.3 Å². The summed E-state index contributed by atoms with van der Waals surface area (Å²) >= 11 is 0. The molecule has 1 saturated carbocycles. The fraction of sp³-hybridized carbons (Fsp3) is 0.625. The zero-order valence-electron chi connectivity index (χ0n) is 19.4. The van der Waals surface area contributed by atoms with Crippen LogP contribution >= 0.6 is 0 Å². The Labute approximate surface area is 202 Å². The Morgan fingerprint density at radius 3 is 2.46 bits per heavy atom. The largest absolute Gasteiger partial charge is 0.431 e. The number of hydrogen-bond acceptors (Lipinski definition) is 9. The second-order valence-electron chi connectivity index (χ2n) is 10.5. The SMILES string of the molecule is Nc1ncc(-c2cc(N3C[C@@H]4CC[C@H]3CN4C3COC3)nc(N3CC4CC3C4)n2)cc1OC(F)F. The molecule has 8 heterocycles. The number of rotatable bonds is 6. The summed E-state index contributed by atoms with van der Waals surface area (Å²) < 4.78 is 35.9. The lowest BCUT2D eigenvalue weighted by Crippen LogP contribution is -2.68. The predicted molar refractivity (Wildman–Crippen MR) is 126 cm³/mol. The number of nitrogen functional groups attached to an aromatic ring is 1. The molecule has 2 aromatic rings. The van der Waals surface area contributed by atoms with E-state index in [1.165, 1.54) is 25.3 Å². The Morgan fingerprint density at radius 2 is 1.80 bits per heavy atom. The van der Waals surface area contributed by atoms with Crippen LogP contribution in [0.5, 0.6) is 5.75 Å². The van der Waals surface area contributed by atoms with Crippen LogP contribution in [0.1, 0.15) is 25.7 Å². The molecule has 0 spiro atoms. The number of anilines is 3. The van der Waals surface area contributed by atoms with Gasteiger partial charge in [0.1, 0.15) is 5.82 Å². The van der Waals surface area contributed by atoms with Crippen LogP contribution in [0.3, 0.4) is 0 Å². The maximum atomic E-state index is 12.9. The van der Waals surface area contributed by atoms with E-state index in [0.717, 1.165) is 45.1 Å². The predicted octanol–water partition coefficient (Wildman–Crippen LogP) is 2.37. The fourth-order valence-corrected chi connectivity index (χ4v) is 6.41. The molecule has 6 saturated heterocycles. The number of nitrogens with two attached hydrogens (primary N) is 1. The van der Waals surface area contributed by atoms with Crippen molar-refractivity contribution in [3.05, 3.63) is 18.3 Å². The Morgan fingerprint density at radius 1 is 0.971 bits per heavy atom. The Hall–Kier alpha value is -2.79. The van der Waals surface area contributed by atoms with Gasteiger partial charge in [-0.1, -0.05) is 0 Å². The smallest absolute Gasteiger partial charge is 0.387 e. The lowest BCUT2D eigenvalue weighted by molar-refractivity contribution is -0.0966. The number of piperidine rings is 2. The molecule has 2 aromatic heterocycles. The number of halogens is 2. The zero-order valence-corrected chi connectivity index (χ0v) is 19.4. The minimum Gasteiger partial charge on any atom is -0.431 e. The molecule has 0 unspecified atom stereocenters. The molecular formula is C24H29F2N7O2. The zero-order chi connectivity index (χ0) is 23.7. The number of piperazine rings is 1. The van der Waals surface area contributed by atoms with Crippen LogP contribution in [0.4, 0.5) is 26.4 Å². The quantitative estimate of drug-likeness (QED) is 0.662.